The normalized spacial score (nSPS) is 9.67. The molecule has 0 saturated heterocycles. The first-order chi connectivity index (χ1) is 5.27. The maximum atomic E-state index is 10.3. The maximum absolute atomic E-state index is 10.3. The zero-order chi connectivity index (χ0) is 7.84. The Labute approximate surface area is 117 Å². The van der Waals surface area contributed by atoms with Crippen molar-refractivity contribution >= 4 is 30.4 Å². The second-order valence-corrected chi connectivity index (χ2v) is 3.90. The van der Waals surface area contributed by atoms with Crippen LogP contribution in [0.5, 0.6) is 0 Å². The van der Waals surface area contributed by atoms with Gasteiger partial charge in [-0.3, -0.25) is 0 Å². The van der Waals surface area contributed by atoms with E-state index < -0.39 is 5.97 Å². The van der Waals surface area contributed by atoms with E-state index in [0.29, 0.717) is 5.65 Å². The first-order valence-corrected chi connectivity index (χ1v) is 4.75. The van der Waals surface area contributed by atoms with Crippen molar-refractivity contribution in [1.29, 1.82) is 0 Å². The SMILES string of the molecule is O=C([O-])c1cc2[se]cnc2[nH]1.[K+]. The minimum Gasteiger partial charge on any atom is 1.00 e. The molecule has 0 unspecified atom stereocenters. The third-order valence-electron chi connectivity index (χ3n) is 1.34. The number of hydrogen-bond donors (Lipinski definition) is 1. The molecule has 0 radical (unpaired) electrons. The van der Waals surface area contributed by atoms with Crippen LogP contribution < -0.4 is 56.5 Å². The van der Waals surface area contributed by atoms with Gasteiger partial charge in [-0.25, -0.2) is 0 Å². The Balaban J connectivity index is 0.000000720. The van der Waals surface area contributed by atoms with Gasteiger partial charge in [-0.1, -0.05) is 0 Å². The monoisotopic (exact) mass is 254 g/mol. The van der Waals surface area contributed by atoms with Crippen LogP contribution in [0, 0.1) is 0 Å². The van der Waals surface area contributed by atoms with Crippen LogP contribution in [0.1, 0.15) is 10.5 Å². The van der Waals surface area contributed by atoms with Gasteiger partial charge in [0, 0.05) is 0 Å². The van der Waals surface area contributed by atoms with E-state index in [9.17, 15) is 9.90 Å². The second-order valence-electron chi connectivity index (χ2n) is 2.04. The summed E-state index contributed by atoms with van der Waals surface area (Å²) in [5, 5.41) is 12.1. The average molecular weight is 253 g/mol. The van der Waals surface area contributed by atoms with E-state index in [0.717, 1.165) is 4.26 Å². The fourth-order valence-electron chi connectivity index (χ4n) is 0.856. The molecule has 0 aliphatic carbocycles. The molecule has 0 aromatic carbocycles. The van der Waals surface area contributed by atoms with E-state index in [1.165, 1.54) is 0 Å². The Morgan fingerprint density at radius 3 is 3.00 bits per heavy atom. The van der Waals surface area contributed by atoms with Gasteiger partial charge in [0.1, 0.15) is 0 Å². The molecule has 1 N–H and O–H groups in total. The van der Waals surface area contributed by atoms with Crippen LogP contribution in [0.15, 0.2) is 11.1 Å². The van der Waals surface area contributed by atoms with E-state index in [1.807, 2.05) is 0 Å². The van der Waals surface area contributed by atoms with Crippen LogP contribution in [0.4, 0.5) is 0 Å². The zero-order valence-electron chi connectivity index (χ0n) is 6.33. The molecule has 2 rings (SSSR count). The third kappa shape index (κ3) is 1.90. The Kier molecular flexibility index (Phi) is 3.72. The largest absolute Gasteiger partial charge is 1.00 e. The van der Waals surface area contributed by atoms with Gasteiger partial charge in [0.15, 0.2) is 0 Å². The van der Waals surface area contributed by atoms with Crippen LogP contribution in [-0.4, -0.2) is 30.4 Å². The number of carboxylic acid groups (broad SMARTS) is 1. The number of aromatic amines is 1. The molecular formula is C6H3KN2O2Se. The van der Waals surface area contributed by atoms with Gasteiger partial charge in [-0.2, -0.15) is 0 Å². The average Bonchev–Trinajstić information content (AvgIpc) is 2.40. The van der Waals surface area contributed by atoms with E-state index in [1.54, 1.807) is 11.1 Å². The zero-order valence-corrected chi connectivity index (χ0v) is 11.2. The van der Waals surface area contributed by atoms with E-state index in [4.69, 9.17) is 0 Å². The molecule has 2 heterocycles. The number of aromatic carboxylic acids is 1. The molecule has 0 bridgehead atoms. The van der Waals surface area contributed by atoms with Gasteiger partial charge in [-0.05, 0) is 0 Å². The quantitative estimate of drug-likeness (QED) is 0.526. The number of carbonyl (C=O) groups excluding carboxylic acids is 1. The summed E-state index contributed by atoms with van der Waals surface area (Å²) in [4.78, 5) is 16.9. The maximum Gasteiger partial charge on any atom is 1.00 e. The van der Waals surface area contributed by atoms with E-state index >= 15 is 0 Å². The Morgan fingerprint density at radius 1 is 1.67 bits per heavy atom. The summed E-state index contributed by atoms with van der Waals surface area (Å²) in [6, 6.07) is 1.58. The number of hydrogen-bond acceptors (Lipinski definition) is 3. The van der Waals surface area contributed by atoms with E-state index in [-0.39, 0.29) is 71.6 Å². The number of aromatic nitrogens is 2. The van der Waals surface area contributed by atoms with Gasteiger partial charge < -0.3 is 0 Å². The van der Waals surface area contributed by atoms with Gasteiger partial charge in [0.2, 0.25) is 0 Å². The third-order valence-corrected chi connectivity index (χ3v) is 2.97. The summed E-state index contributed by atoms with van der Waals surface area (Å²) in [6.45, 7) is 0. The van der Waals surface area contributed by atoms with Gasteiger partial charge in [-0.15, -0.1) is 0 Å². The number of rotatable bonds is 1. The van der Waals surface area contributed by atoms with Gasteiger partial charge in [0.05, 0.1) is 0 Å². The molecule has 2 aromatic rings. The van der Waals surface area contributed by atoms with Gasteiger partial charge >= 0.3 is 118 Å². The fourth-order valence-corrected chi connectivity index (χ4v) is 2.27. The molecule has 0 aliphatic heterocycles. The predicted octanol–water partition coefficient (Wildman–Crippen LogP) is -4.01. The van der Waals surface area contributed by atoms with Crippen LogP contribution in [0.3, 0.4) is 0 Å². The van der Waals surface area contributed by atoms with Crippen molar-refractivity contribution in [3.05, 3.63) is 16.8 Å². The van der Waals surface area contributed by atoms with Crippen molar-refractivity contribution < 1.29 is 61.3 Å². The molecule has 0 amide bonds. The first-order valence-electron chi connectivity index (χ1n) is 2.91. The topological polar surface area (TPSA) is 68.8 Å². The Morgan fingerprint density at radius 2 is 2.42 bits per heavy atom. The fraction of sp³-hybridized carbons (Fsp3) is 0. The number of carboxylic acids is 1. The molecule has 0 aliphatic rings. The number of fused-ring (bicyclic) bond motifs is 1. The summed E-state index contributed by atoms with van der Waals surface area (Å²) in [7, 11) is 0. The first kappa shape index (κ1) is 10.7. The van der Waals surface area contributed by atoms with Crippen LogP contribution in [-0.2, 0) is 0 Å². The molecule has 0 fully saturated rings. The van der Waals surface area contributed by atoms with Crippen molar-refractivity contribution in [2.45, 2.75) is 0 Å². The minimum atomic E-state index is -1.18. The summed E-state index contributed by atoms with van der Waals surface area (Å²) >= 11 is 0.194. The van der Waals surface area contributed by atoms with Crippen LogP contribution in [0.25, 0.3) is 9.91 Å². The van der Waals surface area contributed by atoms with Crippen molar-refractivity contribution in [2.24, 2.45) is 0 Å². The number of nitrogens with one attached hydrogen (secondary N) is 1. The number of nitrogens with zero attached hydrogens (tertiary/aromatic N) is 1. The van der Waals surface area contributed by atoms with Crippen LogP contribution in [0.2, 0.25) is 0 Å². The molecule has 4 nitrogen and oxygen atoms in total. The molecule has 56 valence electrons. The molecular weight excluding hydrogens is 250 g/mol. The van der Waals surface area contributed by atoms with Crippen molar-refractivity contribution in [1.82, 2.24) is 9.97 Å². The molecule has 2 aromatic heterocycles. The smallest absolute Gasteiger partial charge is 1.00 e. The molecule has 0 atom stereocenters. The molecule has 12 heavy (non-hydrogen) atoms. The Hall–Kier alpha value is 0.576. The summed E-state index contributed by atoms with van der Waals surface area (Å²) in [5.74, 6) is -1.18. The summed E-state index contributed by atoms with van der Waals surface area (Å²) < 4.78 is 0.983. The Bertz CT molecular complexity index is 380. The minimum absolute atomic E-state index is 0. The standard InChI is InChI=1S/C6H4N2O2Se.K/c9-6(10)3-1-4-5(8-3)7-2-11-4;/h1-2,8H,(H,9,10);/q;+1/p-1. The van der Waals surface area contributed by atoms with E-state index in [2.05, 4.69) is 9.97 Å². The van der Waals surface area contributed by atoms with Crippen molar-refractivity contribution in [2.75, 3.05) is 0 Å². The van der Waals surface area contributed by atoms with Crippen molar-refractivity contribution in [3.63, 3.8) is 0 Å². The molecule has 0 spiro atoms. The summed E-state index contributed by atoms with van der Waals surface area (Å²) in [5.41, 5.74) is 0.790. The van der Waals surface area contributed by atoms with Crippen molar-refractivity contribution in [3.8, 4) is 0 Å². The number of carbonyl (C=O) groups is 1. The molecule has 0 saturated carbocycles. The predicted molar refractivity (Wildman–Crippen MR) is 37.4 cm³/mol. The number of H-pyrrole nitrogens is 1. The summed E-state index contributed by atoms with van der Waals surface area (Å²) in [6.07, 6.45) is 0. The van der Waals surface area contributed by atoms with Crippen LogP contribution >= 0.6 is 0 Å². The second kappa shape index (κ2) is 4.19. The van der Waals surface area contributed by atoms with Gasteiger partial charge in [0.25, 0.3) is 0 Å². The molecule has 6 heteroatoms.